The number of ether oxygens (including phenoxy) is 4. The molecule has 36 heavy (non-hydrogen) atoms. The summed E-state index contributed by atoms with van der Waals surface area (Å²) in [5.41, 5.74) is 1.29. The molecule has 196 valence electrons. The van der Waals surface area contributed by atoms with Crippen LogP contribution in [0.5, 0.6) is 11.5 Å². The van der Waals surface area contributed by atoms with Gasteiger partial charge in [0, 0.05) is 6.08 Å². The van der Waals surface area contributed by atoms with Crippen LogP contribution in [0.1, 0.15) is 77.6 Å². The van der Waals surface area contributed by atoms with Gasteiger partial charge in [-0.2, -0.15) is 0 Å². The molecule has 0 saturated carbocycles. The predicted molar refractivity (Wildman–Crippen MR) is 141 cm³/mol. The Kier molecular flexibility index (Phi) is 12.0. The number of nitrogens with one attached hydrogen (secondary N) is 1. The predicted octanol–water partition coefficient (Wildman–Crippen LogP) is 6.03. The Balaban J connectivity index is 2.15. The van der Waals surface area contributed by atoms with Gasteiger partial charge < -0.3 is 24.3 Å². The molecule has 1 aromatic heterocycles. The Morgan fingerprint density at radius 1 is 0.972 bits per heavy atom. The summed E-state index contributed by atoms with van der Waals surface area (Å²) in [5.74, 6) is -0.411. The molecule has 9 heteroatoms. The summed E-state index contributed by atoms with van der Waals surface area (Å²) in [5, 5.41) is 2.92. The third kappa shape index (κ3) is 8.12. The molecule has 1 aromatic carbocycles. The normalized spacial score (nSPS) is 10.8. The summed E-state index contributed by atoms with van der Waals surface area (Å²) in [4.78, 5) is 37.7. The van der Waals surface area contributed by atoms with E-state index >= 15 is 0 Å². The number of hydrogen-bond donors (Lipinski definition) is 1. The second kappa shape index (κ2) is 14.9. The summed E-state index contributed by atoms with van der Waals surface area (Å²) in [7, 11) is 1.57. The zero-order chi connectivity index (χ0) is 26.5. The molecule has 0 spiro atoms. The highest BCUT2D eigenvalue weighted by Gasteiger charge is 2.27. The highest BCUT2D eigenvalue weighted by molar-refractivity contribution is 7.18. The number of rotatable bonds is 14. The van der Waals surface area contributed by atoms with E-state index in [0.717, 1.165) is 29.7 Å². The standard InChI is InChI=1S/C27H35NO7S/c1-6-9-10-11-16-35-20-14-12-19(17-21(20)32-5)13-15-22(29)28-25-23(26(30)33-7-2)18(4)24(36-25)27(31)34-8-3/h12-15,17H,6-11,16H2,1-5H3,(H,28,29)/b15-13+. The number of unbranched alkanes of at least 4 members (excludes halogenated alkanes) is 3. The Labute approximate surface area is 216 Å². The molecule has 0 aliphatic heterocycles. The third-order valence-electron chi connectivity index (χ3n) is 5.19. The first-order valence-electron chi connectivity index (χ1n) is 12.1. The molecular formula is C27H35NO7S. The van der Waals surface area contributed by atoms with Crippen molar-refractivity contribution >= 4 is 40.3 Å². The molecule has 2 rings (SSSR count). The second-order valence-corrected chi connectivity index (χ2v) is 8.86. The molecular weight excluding hydrogens is 482 g/mol. The van der Waals surface area contributed by atoms with Crippen LogP contribution in [-0.2, 0) is 14.3 Å². The van der Waals surface area contributed by atoms with E-state index < -0.39 is 17.8 Å². The van der Waals surface area contributed by atoms with Crippen LogP contribution in [0.4, 0.5) is 5.00 Å². The van der Waals surface area contributed by atoms with Crippen molar-refractivity contribution in [1.29, 1.82) is 0 Å². The van der Waals surface area contributed by atoms with Gasteiger partial charge in [-0.1, -0.05) is 32.3 Å². The number of thiophene rings is 1. The summed E-state index contributed by atoms with van der Waals surface area (Å²) >= 11 is 0.981. The lowest BCUT2D eigenvalue weighted by atomic mass is 10.1. The summed E-state index contributed by atoms with van der Waals surface area (Å²) < 4.78 is 21.5. The summed E-state index contributed by atoms with van der Waals surface area (Å²) in [6.07, 6.45) is 7.42. The van der Waals surface area contributed by atoms with Crippen molar-refractivity contribution < 1.29 is 33.3 Å². The van der Waals surface area contributed by atoms with E-state index in [9.17, 15) is 14.4 Å². The van der Waals surface area contributed by atoms with Crippen molar-refractivity contribution in [2.24, 2.45) is 0 Å². The minimum atomic E-state index is -0.615. The molecule has 1 heterocycles. The van der Waals surface area contributed by atoms with E-state index in [4.69, 9.17) is 18.9 Å². The molecule has 0 aliphatic carbocycles. The van der Waals surface area contributed by atoms with Crippen molar-refractivity contribution in [2.75, 3.05) is 32.2 Å². The van der Waals surface area contributed by atoms with Gasteiger partial charge in [0.1, 0.15) is 9.88 Å². The number of esters is 2. The number of hydrogen-bond acceptors (Lipinski definition) is 8. The minimum Gasteiger partial charge on any atom is -0.493 e. The molecule has 0 bridgehead atoms. The summed E-state index contributed by atoms with van der Waals surface area (Å²) in [6, 6.07) is 5.42. The fraction of sp³-hybridized carbons (Fsp3) is 0.444. The Morgan fingerprint density at radius 2 is 1.69 bits per heavy atom. The monoisotopic (exact) mass is 517 g/mol. The fourth-order valence-corrected chi connectivity index (χ4v) is 4.48. The molecule has 0 saturated heterocycles. The zero-order valence-electron chi connectivity index (χ0n) is 21.6. The van der Waals surface area contributed by atoms with Gasteiger partial charge in [0.2, 0.25) is 5.91 Å². The van der Waals surface area contributed by atoms with Gasteiger partial charge in [0.05, 0.1) is 32.5 Å². The topological polar surface area (TPSA) is 100 Å². The molecule has 0 atom stereocenters. The van der Waals surface area contributed by atoms with Gasteiger partial charge in [-0.3, -0.25) is 4.79 Å². The quantitative estimate of drug-likeness (QED) is 0.185. The van der Waals surface area contributed by atoms with Crippen LogP contribution in [0, 0.1) is 6.92 Å². The number of methoxy groups -OCH3 is 1. The van der Waals surface area contributed by atoms with Crippen LogP contribution in [0.3, 0.4) is 0 Å². The highest BCUT2D eigenvalue weighted by atomic mass is 32.1. The van der Waals surface area contributed by atoms with Crippen LogP contribution in [0.15, 0.2) is 24.3 Å². The maximum absolute atomic E-state index is 12.7. The Morgan fingerprint density at radius 3 is 2.36 bits per heavy atom. The summed E-state index contributed by atoms with van der Waals surface area (Å²) in [6.45, 7) is 8.15. The number of anilines is 1. The van der Waals surface area contributed by atoms with Crippen molar-refractivity contribution in [1.82, 2.24) is 0 Å². The largest absolute Gasteiger partial charge is 0.493 e. The van der Waals surface area contributed by atoms with Gasteiger partial charge in [-0.15, -0.1) is 11.3 Å². The molecule has 0 radical (unpaired) electrons. The van der Waals surface area contributed by atoms with E-state index in [2.05, 4.69) is 12.2 Å². The molecule has 8 nitrogen and oxygen atoms in total. The van der Waals surface area contributed by atoms with Crippen LogP contribution >= 0.6 is 11.3 Å². The number of amides is 1. The van der Waals surface area contributed by atoms with E-state index in [1.807, 2.05) is 12.1 Å². The number of benzene rings is 1. The smallest absolute Gasteiger partial charge is 0.348 e. The molecule has 0 aliphatic rings. The average molecular weight is 518 g/mol. The zero-order valence-corrected chi connectivity index (χ0v) is 22.4. The minimum absolute atomic E-state index is 0.147. The molecule has 0 unspecified atom stereocenters. The molecule has 1 N–H and O–H groups in total. The van der Waals surface area contributed by atoms with Crippen LogP contribution < -0.4 is 14.8 Å². The van der Waals surface area contributed by atoms with Crippen LogP contribution in [0.25, 0.3) is 6.08 Å². The maximum atomic E-state index is 12.7. The van der Waals surface area contributed by atoms with Gasteiger partial charge in [0.25, 0.3) is 0 Å². The van der Waals surface area contributed by atoms with Crippen LogP contribution in [-0.4, -0.2) is 44.8 Å². The van der Waals surface area contributed by atoms with E-state index in [0.29, 0.717) is 23.7 Å². The number of carbonyl (C=O) groups is 3. The SMILES string of the molecule is CCCCCCOc1ccc(/C=C/C(=O)Nc2sc(C(=O)OCC)c(C)c2C(=O)OCC)cc1OC. The van der Waals surface area contributed by atoms with Gasteiger partial charge in [-0.05, 0) is 56.5 Å². The maximum Gasteiger partial charge on any atom is 0.348 e. The first kappa shape index (κ1) is 28.9. The average Bonchev–Trinajstić information content (AvgIpc) is 3.18. The Bertz CT molecular complexity index is 1070. The van der Waals surface area contributed by atoms with E-state index in [1.165, 1.54) is 18.9 Å². The van der Waals surface area contributed by atoms with E-state index in [1.54, 1.807) is 40.0 Å². The van der Waals surface area contributed by atoms with Crippen LogP contribution in [0.2, 0.25) is 0 Å². The molecule has 2 aromatic rings. The van der Waals surface area contributed by atoms with Gasteiger partial charge in [-0.25, -0.2) is 9.59 Å². The molecule has 0 fully saturated rings. The second-order valence-electron chi connectivity index (χ2n) is 7.84. The van der Waals surface area contributed by atoms with Gasteiger partial charge in [0.15, 0.2) is 11.5 Å². The Hall–Kier alpha value is -3.33. The van der Waals surface area contributed by atoms with Gasteiger partial charge >= 0.3 is 11.9 Å². The lowest BCUT2D eigenvalue weighted by Gasteiger charge is -2.11. The van der Waals surface area contributed by atoms with Crippen molar-refractivity contribution in [3.05, 3.63) is 45.8 Å². The fourth-order valence-electron chi connectivity index (χ4n) is 3.39. The van der Waals surface area contributed by atoms with E-state index in [-0.39, 0.29) is 28.7 Å². The lowest BCUT2D eigenvalue weighted by Crippen LogP contribution is -2.13. The molecule has 1 amide bonds. The van der Waals surface area contributed by atoms with Crippen molar-refractivity contribution in [3.8, 4) is 11.5 Å². The first-order valence-corrected chi connectivity index (χ1v) is 12.9. The first-order chi connectivity index (χ1) is 17.4. The lowest BCUT2D eigenvalue weighted by molar-refractivity contribution is -0.111. The third-order valence-corrected chi connectivity index (χ3v) is 6.38. The highest BCUT2D eigenvalue weighted by Crippen LogP contribution is 2.34. The number of carbonyl (C=O) groups excluding carboxylic acids is 3. The van der Waals surface area contributed by atoms with Crippen molar-refractivity contribution in [2.45, 2.75) is 53.4 Å². The van der Waals surface area contributed by atoms with Crippen molar-refractivity contribution in [3.63, 3.8) is 0 Å².